The van der Waals surface area contributed by atoms with Crippen LogP contribution in [0.5, 0.6) is 0 Å². The van der Waals surface area contributed by atoms with Crippen molar-refractivity contribution in [2.24, 2.45) is 27.9 Å². The standard InChI is InChI=1S/C45H65N7O9/c1-43(2,3)33(26-52-34(53)22-44(4,5)23-35(52)54)48-41(59)49-37(45(6)17-10-7-11-18-45)40(58)51-25-30(61-42(60)50-19-16-28-12-8-9-13-29(28)24-50)21-32(51)39(57)47-31(20-27-14-15-27)36(55)38(46)56/h8-9,12-13,27,30-33,37H,7,10-11,14-26H2,1-6H3,(H2,46,56)(H,47,57)(H2,48,49,59)/t30-,31?,32+,33-,37-/m1/s1. The van der Waals surface area contributed by atoms with Crippen LogP contribution in [0, 0.1) is 22.2 Å². The number of primary amides is 1. The smallest absolute Gasteiger partial charge is 0.410 e. The van der Waals surface area contributed by atoms with Gasteiger partial charge in [-0.15, -0.1) is 0 Å². The Labute approximate surface area is 358 Å². The minimum absolute atomic E-state index is 0.0450. The van der Waals surface area contributed by atoms with Crippen LogP contribution in [0.15, 0.2) is 24.3 Å². The first-order valence-electron chi connectivity index (χ1n) is 22.0. The number of Topliss-reactive ketones (excluding diaryl/α,β-unsaturated/α-hetero) is 1. The van der Waals surface area contributed by atoms with Crippen molar-refractivity contribution in [2.75, 3.05) is 19.6 Å². The van der Waals surface area contributed by atoms with Gasteiger partial charge >= 0.3 is 12.1 Å². The monoisotopic (exact) mass is 847 g/mol. The van der Waals surface area contributed by atoms with E-state index in [1.165, 1.54) is 9.80 Å². The third-order valence-corrected chi connectivity index (χ3v) is 13.4. The number of imide groups is 1. The van der Waals surface area contributed by atoms with Gasteiger partial charge in [0.2, 0.25) is 29.4 Å². The predicted molar refractivity (Wildman–Crippen MR) is 224 cm³/mol. The van der Waals surface area contributed by atoms with Gasteiger partial charge in [-0.3, -0.25) is 33.7 Å². The summed E-state index contributed by atoms with van der Waals surface area (Å²) in [5.41, 5.74) is 5.74. The summed E-state index contributed by atoms with van der Waals surface area (Å²) in [5.74, 6) is -3.82. The lowest BCUT2D eigenvalue weighted by atomic mass is 9.70. The Morgan fingerprint density at radius 3 is 2.15 bits per heavy atom. The van der Waals surface area contributed by atoms with Crippen LogP contribution in [0.2, 0.25) is 0 Å². The molecule has 61 heavy (non-hydrogen) atoms. The maximum atomic E-state index is 15.1. The Balaban J connectivity index is 1.25. The van der Waals surface area contributed by atoms with E-state index in [0.29, 0.717) is 32.4 Å². The summed E-state index contributed by atoms with van der Waals surface area (Å²) in [6.45, 7) is 11.9. The number of nitrogens with two attached hydrogens (primary N) is 1. The first-order valence-corrected chi connectivity index (χ1v) is 22.0. The van der Waals surface area contributed by atoms with Crippen LogP contribution >= 0.6 is 0 Å². The van der Waals surface area contributed by atoms with Crippen LogP contribution in [-0.4, -0.2) is 112 Å². The van der Waals surface area contributed by atoms with Crippen molar-refractivity contribution in [1.29, 1.82) is 0 Å². The Hall–Kier alpha value is -5.02. The number of carbonyl (C=O) groups is 8. The van der Waals surface area contributed by atoms with Gasteiger partial charge in [-0.2, -0.15) is 0 Å². The summed E-state index contributed by atoms with van der Waals surface area (Å²) < 4.78 is 6.03. The maximum Gasteiger partial charge on any atom is 0.410 e. The lowest BCUT2D eigenvalue weighted by molar-refractivity contribution is -0.153. The molecule has 5 N–H and O–H groups in total. The zero-order valence-corrected chi connectivity index (χ0v) is 36.7. The van der Waals surface area contributed by atoms with Crippen molar-refractivity contribution < 1.29 is 43.1 Å². The van der Waals surface area contributed by atoms with Crippen LogP contribution in [0.1, 0.15) is 123 Å². The fraction of sp³-hybridized carbons (Fsp3) is 0.689. The number of piperidine rings is 1. The van der Waals surface area contributed by atoms with Gasteiger partial charge in [0.15, 0.2) is 0 Å². The molecule has 0 aromatic heterocycles. The van der Waals surface area contributed by atoms with Gasteiger partial charge in [-0.05, 0) is 59.0 Å². The van der Waals surface area contributed by atoms with E-state index in [2.05, 4.69) is 16.0 Å². The van der Waals surface area contributed by atoms with Crippen molar-refractivity contribution in [1.82, 2.24) is 30.7 Å². The lowest BCUT2D eigenvalue weighted by Crippen LogP contribution is -2.63. The van der Waals surface area contributed by atoms with Crippen molar-refractivity contribution in [2.45, 2.75) is 155 Å². The van der Waals surface area contributed by atoms with E-state index >= 15 is 4.79 Å². The van der Waals surface area contributed by atoms with Gasteiger partial charge in [0.05, 0.1) is 18.6 Å². The number of amides is 8. The molecule has 5 aliphatic rings. The molecule has 1 aromatic rings. The molecular formula is C45H65N7O9. The number of hydrogen-bond donors (Lipinski definition) is 4. The molecule has 5 atom stereocenters. The zero-order chi connectivity index (χ0) is 44.4. The minimum atomic E-state index is -1.21. The number of benzene rings is 1. The Morgan fingerprint density at radius 1 is 0.902 bits per heavy atom. The summed E-state index contributed by atoms with van der Waals surface area (Å²) in [5, 5.41) is 8.67. The van der Waals surface area contributed by atoms with Crippen LogP contribution in [0.25, 0.3) is 0 Å². The van der Waals surface area contributed by atoms with Gasteiger partial charge in [0.1, 0.15) is 18.2 Å². The number of nitrogens with zero attached hydrogens (tertiary/aromatic N) is 3. The number of rotatable bonds is 13. The highest BCUT2D eigenvalue weighted by Crippen LogP contribution is 2.41. The number of hydrogen-bond acceptors (Lipinski definition) is 9. The quantitative estimate of drug-likeness (QED) is 0.168. The molecule has 2 aliphatic carbocycles. The average molecular weight is 848 g/mol. The number of nitrogens with one attached hydrogen (secondary N) is 3. The molecule has 2 saturated carbocycles. The van der Waals surface area contributed by atoms with Gasteiger partial charge in [0, 0.05) is 38.9 Å². The van der Waals surface area contributed by atoms with Gasteiger partial charge in [-0.1, -0.05) is 97.9 Å². The van der Waals surface area contributed by atoms with Crippen LogP contribution in [0.4, 0.5) is 9.59 Å². The van der Waals surface area contributed by atoms with Crippen LogP contribution in [0.3, 0.4) is 0 Å². The maximum absolute atomic E-state index is 15.1. The Morgan fingerprint density at radius 2 is 1.54 bits per heavy atom. The fourth-order valence-corrected chi connectivity index (χ4v) is 9.41. The summed E-state index contributed by atoms with van der Waals surface area (Å²) in [6, 6.07) is 2.97. The van der Waals surface area contributed by atoms with Crippen molar-refractivity contribution in [3.05, 3.63) is 35.4 Å². The first kappa shape index (κ1) is 45.5. The number of likely N-dealkylation sites (tertiary alicyclic amines) is 2. The molecule has 0 bridgehead atoms. The third-order valence-electron chi connectivity index (χ3n) is 13.4. The highest BCUT2D eigenvalue weighted by molar-refractivity contribution is 6.37. The molecule has 4 fully saturated rings. The number of urea groups is 1. The van der Waals surface area contributed by atoms with Crippen molar-refractivity contribution >= 4 is 47.4 Å². The largest absolute Gasteiger partial charge is 0.444 e. The summed E-state index contributed by atoms with van der Waals surface area (Å²) in [7, 11) is 0. The van der Waals surface area contributed by atoms with Crippen molar-refractivity contribution in [3.63, 3.8) is 0 Å². The van der Waals surface area contributed by atoms with E-state index in [0.717, 1.165) is 43.2 Å². The molecule has 16 heteroatoms. The molecular weight excluding hydrogens is 783 g/mol. The molecule has 8 amide bonds. The summed E-state index contributed by atoms with van der Waals surface area (Å²) >= 11 is 0. The molecule has 3 heterocycles. The van der Waals surface area contributed by atoms with Crippen LogP contribution in [-0.2, 0) is 46.5 Å². The fourth-order valence-electron chi connectivity index (χ4n) is 9.41. The van der Waals surface area contributed by atoms with E-state index in [-0.39, 0.29) is 56.5 Å². The molecule has 1 unspecified atom stereocenters. The van der Waals surface area contributed by atoms with E-state index < -0.39 is 82.1 Å². The number of fused-ring (bicyclic) bond motifs is 1. The lowest BCUT2D eigenvalue weighted by Gasteiger charge is -2.43. The topological polar surface area (TPSA) is 218 Å². The molecule has 6 rings (SSSR count). The molecule has 334 valence electrons. The normalized spacial score (nSPS) is 23.9. The number of ether oxygens (including phenoxy) is 1. The first-order chi connectivity index (χ1) is 28.6. The third kappa shape index (κ3) is 11.1. The second kappa shape index (κ2) is 18.1. The van der Waals surface area contributed by atoms with E-state index in [4.69, 9.17) is 10.5 Å². The van der Waals surface area contributed by atoms with E-state index in [1.807, 2.05) is 65.8 Å². The van der Waals surface area contributed by atoms with E-state index in [9.17, 15) is 33.6 Å². The second-order valence-electron chi connectivity index (χ2n) is 20.3. The molecule has 0 radical (unpaired) electrons. The molecule has 0 spiro atoms. The molecule has 3 aliphatic heterocycles. The van der Waals surface area contributed by atoms with Gasteiger partial charge < -0.3 is 36.2 Å². The van der Waals surface area contributed by atoms with Gasteiger partial charge in [-0.25, -0.2) is 9.59 Å². The zero-order valence-electron chi connectivity index (χ0n) is 36.7. The average Bonchev–Trinajstić information content (AvgIpc) is 3.91. The molecule has 1 aromatic carbocycles. The van der Waals surface area contributed by atoms with Crippen molar-refractivity contribution in [3.8, 4) is 0 Å². The SMILES string of the molecule is CC1(C)CC(=O)N(C[C@@H](NC(=O)N[C@H](C(=O)N2C[C@H](OC(=O)N3CCc4ccccc4C3)C[C@H]2C(=O)NC(CC2CC2)C(=O)C(N)=O)C2(C)CCCCC2)C(C)(C)C)C(=O)C1. The number of ketones is 1. The highest BCUT2D eigenvalue weighted by atomic mass is 16.6. The Kier molecular flexibility index (Phi) is 13.5. The minimum Gasteiger partial charge on any atom is -0.444 e. The molecule has 2 saturated heterocycles. The second-order valence-corrected chi connectivity index (χ2v) is 20.3. The molecule has 16 nitrogen and oxygen atoms in total. The van der Waals surface area contributed by atoms with E-state index in [1.54, 1.807) is 4.90 Å². The highest BCUT2D eigenvalue weighted by Gasteiger charge is 2.50. The summed E-state index contributed by atoms with van der Waals surface area (Å²) in [4.78, 5) is 113. The Bertz CT molecular complexity index is 1880. The van der Waals surface area contributed by atoms with Gasteiger partial charge in [0.25, 0.3) is 5.91 Å². The predicted octanol–water partition coefficient (Wildman–Crippen LogP) is 3.72. The number of carbonyl (C=O) groups excluding carboxylic acids is 8. The van der Waals surface area contributed by atoms with Crippen LogP contribution < -0.4 is 21.7 Å². The summed E-state index contributed by atoms with van der Waals surface area (Å²) in [6.07, 6.45) is 5.18.